The second-order valence-corrected chi connectivity index (χ2v) is 1.98. The van der Waals surface area contributed by atoms with E-state index in [0.717, 1.165) is 0 Å². The van der Waals surface area contributed by atoms with Crippen LogP contribution in [0.1, 0.15) is 0 Å². The minimum absolute atomic E-state index is 0.383. The number of nitrogen functional groups attached to an aromatic ring is 1. The molecule has 76 valence electrons. The van der Waals surface area contributed by atoms with E-state index >= 15 is 0 Å². The summed E-state index contributed by atoms with van der Waals surface area (Å²) >= 11 is 0. The second kappa shape index (κ2) is 4.93. The van der Waals surface area contributed by atoms with Crippen molar-refractivity contribution in [3.63, 3.8) is 0 Å². The van der Waals surface area contributed by atoms with Crippen LogP contribution in [0.2, 0.25) is 0 Å². The maximum atomic E-state index is 12.3. The lowest BCUT2D eigenvalue weighted by Gasteiger charge is -1.99. The Bertz CT molecular complexity index is 346. The highest BCUT2D eigenvalue weighted by Gasteiger charge is 2.16. The van der Waals surface area contributed by atoms with E-state index in [1.807, 2.05) is 0 Å². The Balaban J connectivity index is 0.000000500. The van der Waals surface area contributed by atoms with Gasteiger partial charge in [-0.25, -0.2) is 17.6 Å². The van der Waals surface area contributed by atoms with Crippen molar-refractivity contribution in [1.29, 1.82) is 0 Å². The molecule has 0 fully saturated rings. The van der Waals surface area contributed by atoms with Gasteiger partial charge in [0.15, 0.2) is 23.3 Å². The van der Waals surface area contributed by atoms with Gasteiger partial charge in [0.05, 0.1) is 5.69 Å². The van der Waals surface area contributed by atoms with Crippen molar-refractivity contribution in [3.05, 3.63) is 45.3 Å². The molecule has 0 saturated heterocycles. The van der Waals surface area contributed by atoms with Gasteiger partial charge in [-0.2, -0.15) is 0 Å². The molecule has 0 bridgehead atoms. The first-order chi connectivity index (χ1) is 6.45. The van der Waals surface area contributed by atoms with E-state index in [-0.39, 0.29) is 0 Å². The largest absolute Gasteiger partial charge is 0.396 e. The fourth-order valence-corrected chi connectivity index (χ4v) is 0.591. The molecule has 0 aliphatic carbocycles. The lowest BCUT2D eigenvalue weighted by molar-refractivity contribution is 0.411. The molecule has 1 aromatic carbocycles. The Kier molecular flexibility index (Phi) is 4.24. The number of nitrogens with two attached hydrogens (primary N) is 1. The molecule has 4 nitrogen and oxygen atoms in total. The lowest BCUT2D eigenvalue weighted by Crippen LogP contribution is -2.00. The van der Waals surface area contributed by atoms with Crippen LogP contribution in [0.4, 0.5) is 23.2 Å². The summed E-state index contributed by atoms with van der Waals surface area (Å²) in [6, 6.07) is 0.383. The van der Waals surface area contributed by atoms with Gasteiger partial charge in [0.25, 0.3) is 0 Å². The SMILES string of the molecule is Nc1cc(F)c(F)c(F)c1F.[N-]=[N+]=[N-]. The molecule has 0 amide bonds. The van der Waals surface area contributed by atoms with Crippen LogP contribution in [-0.2, 0) is 0 Å². The summed E-state index contributed by atoms with van der Waals surface area (Å²) in [5.74, 6) is -6.80. The zero-order chi connectivity index (χ0) is 11.3. The highest BCUT2D eigenvalue weighted by Crippen LogP contribution is 2.19. The van der Waals surface area contributed by atoms with Crippen molar-refractivity contribution in [2.45, 2.75) is 0 Å². The molecule has 0 spiro atoms. The number of rotatable bonds is 0. The number of hydrogen-bond acceptors (Lipinski definition) is 1. The van der Waals surface area contributed by atoms with Gasteiger partial charge in [-0.3, -0.25) is 4.91 Å². The minimum Gasteiger partial charge on any atom is -0.396 e. The number of anilines is 1. The van der Waals surface area contributed by atoms with Crippen molar-refractivity contribution in [3.8, 4) is 0 Å². The van der Waals surface area contributed by atoms with Gasteiger partial charge in [0.2, 0.25) is 0 Å². The van der Waals surface area contributed by atoms with Gasteiger partial charge in [-0.05, 0) is 0 Å². The first-order valence-electron chi connectivity index (χ1n) is 3.02. The molecule has 2 N–H and O–H groups in total. The fourth-order valence-electron chi connectivity index (χ4n) is 0.591. The van der Waals surface area contributed by atoms with Crippen LogP contribution in [0.15, 0.2) is 6.07 Å². The molecule has 1 aromatic rings. The molecule has 0 atom stereocenters. The molecule has 0 unspecified atom stereocenters. The Morgan fingerprint density at radius 1 is 1.00 bits per heavy atom. The van der Waals surface area contributed by atoms with Gasteiger partial charge < -0.3 is 16.8 Å². The monoisotopic (exact) mass is 207 g/mol. The molecular weight excluding hydrogens is 204 g/mol. The normalized spacial score (nSPS) is 8.57. The first kappa shape index (κ1) is 12.0. The third-order valence-corrected chi connectivity index (χ3v) is 1.13. The summed E-state index contributed by atoms with van der Waals surface area (Å²) in [4.78, 5) is 1.50. The topological polar surface area (TPSA) is 84.7 Å². The van der Waals surface area contributed by atoms with E-state index in [4.69, 9.17) is 16.8 Å². The Morgan fingerprint density at radius 2 is 1.43 bits per heavy atom. The van der Waals surface area contributed by atoms with Crippen LogP contribution in [0.5, 0.6) is 0 Å². The van der Waals surface area contributed by atoms with Crippen molar-refractivity contribution in [2.24, 2.45) is 0 Å². The molecule has 0 aliphatic rings. The van der Waals surface area contributed by atoms with E-state index in [2.05, 4.69) is 0 Å². The van der Waals surface area contributed by atoms with Gasteiger partial charge in [0, 0.05) is 6.07 Å². The quantitative estimate of drug-likeness (QED) is 0.132. The molecule has 0 saturated carbocycles. The molecule has 14 heavy (non-hydrogen) atoms. The van der Waals surface area contributed by atoms with Crippen molar-refractivity contribution < 1.29 is 17.6 Å². The summed E-state index contributed by atoms with van der Waals surface area (Å²) in [5, 5.41) is 0. The minimum atomic E-state index is -1.89. The summed E-state index contributed by atoms with van der Waals surface area (Å²) < 4.78 is 48.7. The number of nitrogens with zero attached hydrogens (tertiary/aromatic N) is 3. The van der Waals surface area contributed by atoms with E-state index in [1.165, 1.54) is 4.91 Å². The third kappa shape index (κ3) is 2.53. The Labute approximate surface area is 75.4 Å². The summed E-state index contributed by atoms with van der Waals surface area (Å²) in [5.41, 5.74) is 17.5. The smallest absolute Gasteiger partial charge is 0.199 e. The molecular formula is C6H3F4N4-. The summed E-state index contributed by atoms with van der Waals surface area (Å²) in [7, 11) is 0. The fraction of sp³-hybridized carbons (Fsp3) is 0. The lowest BCUT2D eigenvalue weighted by atomic mass is 10.3. The molecule has 8 heteroatoms. The zero-order valence-corrected chi connectivity index (χ0v) is 6.51. The van der Waals surface area contributed by atoms with Crippen molar-refractivity contribution in [1.82, 2.24) is 0 Å². The molecule has 0 aromatic heterocycles. The van der Waals surface area contributed by atoms with Crippen LogP contribution in [0.3, 0.4) is 0 Å². The zero-order valence-electron chi connectivity index (χ0n) is 6.51. The van der Waals surface area contributed by atoms with Crippen LogP contribution >= 0.6 is 0 Å². The van der Waals surface area contributed by atoms with Crippen LogP contribution in [0, 0.1) is 23.3 Å². The maximum absolute atomic E-state index is 12.3. The molecule has 0 aliphatic heterocycles. The van der Waals surface area contributed by atoms with Crippen LogP contribution in [-0.4, -0.2) is 0 Å². The molecule has 1 rings (SSSR count). The summed E-state index contributed by atoms with van der Waals surface area (Å²) in [6.07, 6.45) is 0. The predicted octanol–water partition coefficient (Wildman–Crippen LogP) is 2.69. The Morgan fingerprint density at radius 3 is 1.86 bits per heavy atom. The first-order valence-corrected chi connectivity index (χ1v) is 3.02. The number of halogens is 4. The summed E-state index contributed by atoms with van der Waals surface area (Å²) in [6.45, 7) is 0. The average Bonchev–Trinajstić information content (AvgIpc) is 2.13. The second-order valence-electron chi connectivity index (χ2n) is 1.98. The number of benzene rings is 1. The van der Waals surface area contributed by atoms with E-state index in [9.17, 15) is 17.6 Å². The van der Waals surface area contributed by atoms with E-state index in [1.54, 1.807) is 0 Å². The van der Waals surface area contributed by atoms with Crippen LogP contribution in [0.25, 0.3) is 16.0 Å². The predicted molar refractivity (Wildman–Crippen MR) is 40.8 cm³/mol. The molecule has 0 heterocycles. The van der Waals surface area contributed by atoms with Gasteiger partial charge >= 0.3 is 0 Å². The maximum Gasteiger partial charge on any atom is 0.199 e. The van der Waals surface area contributed by atoms with Gasteiger partial charge in [0.1, 0.15) is 0 Å². The highest BCUT2D eigenvalue weighted by atomic mass is 19.2. The van der Waals surface area contributed by atoms with Gasteiger partial charge in [-0.1, -0.05) is 0 Å². The van der Waals surface area contributed by atoms with Crippen molar-refractivity contribution in [2.75, 3.05) is 5.73 Å². The van der Waals surface area contributed by atoms with Crippen molar-refractivity contribution >= 4 is 5.69 Å². The van der Waals surface area contributed by atoms with E-state index in [0.29, 0.717) is 6.07 Å². The Hall–Kier alpha value is -1.95. The average molecular weight is 207 g/mol. The van der Waals surface area contributed by atoms with Crippen LogP contribution < -0.4 is 5.73 Å². The number of hydrogen-bond donors (Lipinski definition) is 1. The standard InChI is InChI=1S/C6H3F4N.N3/c7-2-1-3(11)5(9)6(10)4(2)8;1-3-2/h1H,11H2;/q;-1. The molecule has 0 radical (unpaired) electrons. The van der Waals surface area contributed by atoms with E-state index < -0.39 is 29.0 Å². The highest BCUT2D eigenvalue weighted by molar-refractivity contribution is 5.40. The van der Waals surface area contributed by atoms with Gasteiger partial charge in [-0.15, -0.1) is 0 Å². The third-order valence-electron chi connectivity index (χ3n) is 1.13.